The number of carbonyl (C=O) groups is 1. The number of aromatic hydroxyl groups is 2. The number of pyridine rings is 1. The fraction of sp³-hybridized carbons (Fsp3) is 0.154. The summed E-state index contributed by atoms with van der Waals surface area (Å²) in [6.07, 6.45) is 0.412. The lowest BCUT2D eigenvalue weighted by Gasteiger charge is -2.15. The number of carbonyl (C=O) groups excluding carboxylic acids is 1. The Kier molecular flexibility index (Phi) is 6.40. The van der Waals surface area contributed by atoms with Gasteiger partial charge in [0.25, 0.3) is 11.5 Å². The Bertz CT molecular complexity index is 1410. The maximum atomic E-state index is 13.4. The molecule has 5 N–H and O–H groups in total. The Labute approximate surface area is 195 Å². The molecule has 0 bridgehead atoms. The number of phenolic OH excluding ortho intramolecular Hbond substituents is 2. The van der Waals surface area contributed by atoms with E-state index in [1.807, 2.05) is 24.3 Å². The van der Waals surface area contributed by atoms with Crippen molar-refractivity contribution in [2.45, 2.75) is 13.0 Å². The van der Waals surface area contributed by atoms with E-state index in [0.29, 0.717) is 28.8 Å². The Morgan fingerprint density at radius 3 is 2.44 bits per heavy atom. The standard InChI is InChI=1S/C26H25N3O5/c1-34-18-8-5-17(6-9-18)15-29-22-4-2-3-21(27)19(22)14-20(26(29)33)25(32)28-12-11-16-7-10-23(30)24(31)13-16/h2-10,13-14,30-31H,11-12,15,27H2,1H3,(H,28,32). The molecule has 34 heavy (non-hydrogen) atoms. The largest absolute Gasteiger partial charge is 0.504 e. The van der Waals surface area contributed by atoms with Crippen LogP contribution in [0.25, 0.3) is 10.9 Å². The van der Waals surface area contributed by atoms with Crippen molar-refractivity contribution in [2.75, 3.05) is 19.4 Å². The van der Waals surface area contributed by atoms with Crippen molar-refractivity contribution in [3.05, 3.63) is 93.8 Å². The Morgan fingerprint density at radius 1 is 1.00 bits per heavy atom. The van der Waals surface area contributed by atoms with Crippen LogP contribution < -0.4 is 21.3 Å². The van der Waals surface area contributed by atoms with Crippen molar-refractivity contribution in [3.8, 4) is 17.2 Å². The molecule has 0 radical (unpaired) electrons. The molecule has 0 saturated heterocycles. The number of amides is 1. The number of nitrogen functional groups attached to an aromatic ring is 1. The number of nitrogens with one attached hydrogen (secondary N) is 1. The van der Waals surface area contributed by atoms with Crippen LogP contribution >= 0.6 is 0 Å². The van der Waals surface area contributed by atoms with Crippen molar-refractivity contribution in [3.63, 3.8) is 0 Å². The number of nitrogens with two attached hydrogens (primary N) is 1. The third-order valence-electron chi connectivity index (χ3n) is 5.66. The molecule has 0 saturated carbocycles. The highest BCUT2D eigenvalue weighted by atomic mass is 16.5. The van der Waals surface area contributed by atoms with E-state index >= 15 is 0 Å². The first-order chi connectivity index (χ1) is 16.4. The van der Waals surface area contributed by atoms with Gasteiger partial charge in [-0.15, -0.1) is 0 Å². The average molecular weight is 460 g/mol. The molecule has 0 atom stereocenters. The summed E-state index contributed by atoms with van der Waals surface area (Å²) >= 11 is 0. The molecule has 4 aromatic rings. The molecule has 0 aliphatic carbocycles. The van der Waals surface area contributed by atoms with Crippen LogP contribution in [0, 0.1) is 0 Å². The van der Waals surface area contributed by atoms with E-state index in [-0.39, 0.29) is 30.2 Å². The van der Waals surface area contributed by atoms with Crippen LogP contribution in [0.3, 0.4) is 0 Å². The zero-order valence-corrected chi connectivity index (χ0v) is 18.6. The number of benzene rings is 3. The quantitative estimate of drug-likeness (QED) is 0.249. The van der Waals surface area contributed by atoms with E-state index in [2.05, 4.69) is 5.32 Å². The molecule has 8 heteroatoms. The summed E-state index contributed by atoms with van der Waals surface area (Å²) in [6, 6.07) is 18.7. The lowest BCUT2D eigenvalue weighted by atomic mass is 10.1. The molecule has 0 spiro atoms. The number of ether oxygens (including phenoxy) is 1. The number of aromatic nitrogens is 1. The number of nitrogens with zero attached hydrogens (tertiary/aromatic N) is 1. The summed E-state index contributed by atoms with van der Waals surface area (Å²) in [6.45, 7) is 0.500. The summed E-state index contributed by atoms with van der Waals surface area (Å²) in [5, 5.41) is 22.4. The number of methoxy groups -OCH3 is 1. The Hall–Kier alpha value is -4.46. The second-order valence-electron chi connectivity index (χ2n) is 7.91. The summed E-state index contributed by atoms with van der Waals surface area (Å²) in [4.78, 5) is 26.3. The zero-order valence-electron chi connectivity index (χ0n) is 18.6. The summed E-state index contributed by atoms with van der Waals surface area (Å²) in [7, 11) is 1.59. The monoisotopic (exact) mass is 459 g/mol. The van der Waals surface area contributed by atoms with Gasteiger partial charge in [-0.3, -0.25) is 9.59 Å². The van der Waals surface area contributed by atoms with E-state index in [1.54, 1.807) is 35.9 Å². The molecule has 4 rings (SSSR count). The zero-order chi connectivity index (χ0) is 24.2. The molecule has 1 heterocycles. The number of hydrogen-bond acceptors (Lipinski definition) is 6. The topological polar surface area (TPSA) is 127 Å². The van der Waals surface area contributed by atoms with Gasteiger partial charge in [-0.25, -0.2) is 0 Å². The van der Waals surface area contributed by atoms with E-state index in [0.717, 1.165) is 11.1 Å². The molecular weight excluding hydrogens is 434 g/mol. The SMILES string of the molecule is COc1ccc(Cn2c(=O)c(C(=O)NCCc3ccc(O)c(O)c3)cc3c(N)cccc32)cc1. The molecule has 8 nitrogen and oxygen atoms in total. The second kappa shape index (κ2) is 9.58. The second-order valence-corrected chi connectivity index (χ2v) is 7.91. The number of fused-ring (bicyclic) bond motifs is 1. The van der Waals surface area contributed by atoms with Crippen molar-refractivity contribution < 1.29 is 19.7 Å². The first-order valence-electron chi connectivity index (χ1n) is 10.7. The molecule has 0 aliphatic rings. The molecule has 3 aromatic carbocycles. The minimum absolute atomic E-state index is 0.00698. The van der Waals surface area contributed by atoms with Crippen LogP contribution in [-0.4, -0.2) is 34.3 Å². The fourth-order valence-corrected chi connectivity index (χ4v) is 3.80. The fourth-order valence-electron chi connectivity index (χ4n) is 3.80. The van der Waals surface area contributed by atoms with E-state index in [1.165, 1.54) is 18.2 Å². The van der Waals surface area contributed by atoms with Gasteiger partial charge < -0.3 is 30.6 Å². The highest BCUT2D eigenvalue weighted by molar-refractivity contribution is 6.00. The minimum Gasteiger partial charge on any atom is -0.504 e. The molecule has 1 amide bonds. The summed E-state index contributed by atoms with van der Waals surface area (Å²) in [5.41, 5.74) is 8.45. The predicted molar refractivity (Wildman–Crippen MR) is 131 cm³/mol. The van der Waals surface area contributed by atoms with Gasteiger partial charge in [-0.2, -0.15) is 0 Å². The van der Waals surface area contributed by atoms with Crippen LogP contribution in [0.2, 0.25) is 0 Å². The van der Waals surface area contributed by atoms with Crippen LogP contribution in [0.15, 0.2) is 71.5 Å². The van der Waals surface area contributed by atoms with E-state index in [4.69, 9.17) is 10.5 Å². The van der Waals surface area contributed by atoms with Gasteiger partial charge in [0.2, 0.25) is 0 Å². The van der Waals surface area contributed by atoms with Crippen molar-refractivity contribution in [2.24, 2.45) is 0 Å². The average Bonchev–Trinajstić information content (AvgIpc) is 2.83. The maximum Gasteiger partial charge on any atom is 0.264 e. The molecular formula is C26H25N3O5. The molecule has 0 fully saturated rings. The van der Waals surface area contributed by atoms with Gasteiger partial charge in [0.15, 0.2) is 11.5 Å². The highest BCUT2D eigenvalue weighted by Crippen LogP contribution is 2.25. The lowest BCUT2D eigenvalue weighted by Crippen LogP contribution is -2.34. The predicted octanol–water partition coefficient (Wildman–Crippen LogP) is 3.02. The molecule has 0 unspecified atom stereocenters. The van der Waals surface area contributed by atoms with Gasteiger partial charge in [0, 0.05) is 17.6 Å². The van der Waals surface area contributed by atoms with Gasteiger partial charge in [-0.05, 0) is 60.0 Å². The number of rotatable bonds is 7. The molecule has 1 aromatic heterocycles. The smallest absolute Gasteiger partial charge is 0.264 e. The third-order valence-corrected chi connectivity index (χ3v) is 5.66. The Morgan fingerprint density at radius 2 is 1.74 bits per heavy atom. The van der Waals surface area contributed by atoms with Crippen LogP contribution in [0.5, 0.6) is 17.2 Å². The summed E-state index contributed by atoms with van der Waals surface area (Å²) < 4.78 is 6.74. The maximum absolute atomic E-state index is 13.4. The van der Waals surface area contributed by atoms with E-state index in [9.17, 15) is 19.8 Å². The number of hydrogen-bond donors (Lipinski definition) is 4. The number of phenols is 2. The van der Waals surface area contributed by atoms with Gasteiger partial charge in [0.05, 0.1) is 19.2 Å². The normalized spacial score (nSPS) is 10.9. The van der Waals surface area contributed by atoms with Gasteiger partial charge >= 0.3 is 0 Å². The number of anilines is 1. The van der Waals surface area contributed by atoms with Crippen LogP contribution in [0.4, 0.5) is 5.69 Å². The minimum atomic E-state index is -0.512. The molecule has 174 valence electrons. The summed E-state index contributed by atoms with van der Waals surface area (Å²) in [5.74, 6) is -0.240. The lowest BCUT2D eigenvalue weighted by molar-refractivity contribution is 0.0952. The Balaban J connectivity index is 1.63. The van der Waals surface area contributed by atoms with Crippen LogP contribution in [-0.2, 0) is 13.0 Å². The first kappa shape index (κ1) is 22.7. The van der Waals surface area contributed by atoms with Gasteiger partial charge in [-0.1, -0.05) is 24.3 Å². The van der Waals surface area contributed by atoms with Crippen molar-refractivity contribution >= 4 is 22.5 Å². The van der Waals surface area contributed by atoms with Crippen molar-refractivity contribution in [1.29, 1.82) is 0 Å². The van der Waals surface area contributed by atoms with E-state index < -0.39 is 11.5 Å². The third kappa shape index (κ3) is 4.66. The molecule has 0 aliphatic heterocycles. The highest BCUT2D eigenvalue weighted by Gasteiger charge is 2.17. The van der Waals surface area contributed by atoms with Gasteiger partial charge in [0.1, 0.15) is 11.3 Å². The van der Waals surface area contributed by atoms with Crippen molar-refractivity contribution in [1.82, 2.24) is 9.88 Å². The van der Waals surface area contributed by atoms with Crippen LogP contribution in [0.1, 0.15) is 21.5 Å². The first-order valence-corrected chi connectivity index (χ1v) is 10.7.